The minimum absolute atomic E-state index is 0.0961. The number of hydrogen-bond acceptors (Lipinski definition) is 5. The van der Waals surface area contributed by atoms with Crippen LogP contribution >= 0.6 is 0 Å². The van der Waals surface area contributed by atoms with E-state index in [1.807, 2.05) is 25.1 Å². The molecule has 1 aliphatic rings. The van der Waals surface area contributed by atoms with Gasteiger partial charge in [0.2, 0.25) is 5.91 Å². The number of nitrogens with two attached hydrogens (primary N) is 1. The number of aryl methyl sites for hydroxylation is 1. The quantitative estimate of drug-likeness (QED) is 0.417. The molecule has 6 nitrogen and oxygen atoms in total. The summed E-state index contributed by atoms with van der Waals surface area (Å²) in [5, 5.41) is 16.8. The van der Waals surface area contributed by atoms with E-state index in [1.165, 1.54) is 0 Å². The van der Waals surface area contributed by atoms with Crippen LogP contribution in [0.3, 0.4) is 0 Å². The standard InChI is InChI=1S/C24H35N3O3/c1-4-7-18-13-23(30-16-17(6-3)11-20(25)8-5-2)19(12-22(18)28)14-26-21-9-10-24(29)27-15-21/h6,8,11-13,21,26,28H,3-5,7,9-10,14-16,25H2,1-2H3,(H,27,29)/b17-11+,20-8+. The fourth-order valence-electron chi connectivity index (χ4n) is 3.39. The van der Waals surface area contributed by atoms with Crippen LogP contribution in [-0.4, -0.2) is 30.2 Å². The molecule has 5 N–H and O–H groups in total. The number of phenols is 1. The van der Waals surface area contributed by atoms with Gasteiger partial charge in [-0.25, -0.2) is 0 Å². The number of carbonyl (C=O) groups excluding carboxylic acids is 1. The van der Waals surface area contributed by atoms with Crippen LogP contribution in [0, 0.1) is 0 Å². The summed E-state index contributed by atoms with van der Waals surface area (Å²) >= 11 is 0. The maximum Gasteiger partial charge on any atom is 0.220 e. The Morgan fingerprint density at radius 2 is 2.20 bits per heavy atom. The van der Waals surface area contributed by atoms with E-state index < -0.39 is 0 Å². The number of phenolic OH excluding ortho intramolecular Hbond substituents is 1. The summed E-state index contributed by atoms with van der Waals surface area (Å²) in [7, 11) is 0. The van der Waals surface area contributed by atoms with Crippen molar-refractivity contribution in [3.8, 4) is 11.5 Å². The third kappa shape index (κ3) is 7.26. The number of aromatic hydroxyl groups is 1. The van der Waals surface area contributed by atoms with E-state index in [4.69, 9.17) is 10.5 Å². The molecule has 1 aromatic carbocycles. The Balaban J connectivity index is 2.15. The van der Waals surface area contributed by atoms with Crippen LogP contribution in [-0.2, 0) is 17.8 Å². The lowest BCUT2D eigenvalue weighted by molar-refractivity contribution is -0.122. The molecule has 1 amide bonds. The molecule has 0 aromatic heterocycles. The molecule has 1 atom stereocenters. The van der Waals surface area contributed by atoms with Crippen LogP contribution in [0.25, 0.3) is 0 Å². The summed E-state index contributed by atoms with van der Waals surface area (Å²) < 4.78 is 6.12. The normalized spacial score (nSPS) is 17.5. The van der Waals surface area contributed by atoms with Crippen LogP contribution in [0.15, 0.2) is 48.2 Å². The van der Waals surface area contributed by atoms with Gasteiger partial charge in [-0.15, -0.1) is 0 Å². The van der Waals surface area contributed by atoms with Gasteiger partial charge in [0.25, 0.3) is 0 Å². The van der Waals surface area contributed by atoms with E-state index in [0.717, 1.165) is 48.1 Å². The highest BCUT2D eigenvalue weighted by Gasteiger charge is 2.18. The van der Waals surface area contributed by atoms with Crippen molar-refractivity contribution in [1.29, 1.82) is 0 Å². The number of allylic oxidation sites excluding steroid dienone is 2. The van der Waals surface area contributed by atoms with E-state index in [-0.39, 0.29) is 17.7 Å². The minimum atomic E-state index is 0.0961. The molecule has 6 heteroatoms. The molecule has 0 aliphatic carbocycles. The first kappa shape index (κ1) is 23.5. The zero-order valence-electron chi connectivity index (χ0n) is 18.2. The van der Waals surface area contributed by atoms with Crippen molar-refractivity contribution >= 4 is 5.91 Å². The monoisotopic (exact) mass is 413 g/mol. The van der Waals surface area contributed by atoms with E-state index >= 15 is 0 Å². The predicted molar refractivity (Wildman–Crippen MR) is 121 cm³/mol. The Labute approximate surface area is 179 Å². The number of amides is 1. The SMILES string of the molecule is C=C/C(=C\C(N)=C/CC)COc1cc(CCC)c(O)cc1CNC1CCC(=O)NC1. The molecule has 1 unspecified atom stereocenters. The second-order valence-corrected chi connectivity index (χ2v) is 7.58. The lowest BCUT2D eigenvalue weighted by Crippen LogP contribution is -2.45. The zero-order chi connectivity index (χ0) is 21.9. The van der Waals surface area contributed by atoms with E-state index in [0.29, 0.717) is 31.8 Å². The Morgan fingerprint density at radius 3 is 2.83 bits per heavy atom. The molecular formula is C24H35N3O3. The summed E-state index contributed by atoms with van der Waals surface area (Å²) in [4.78, 5) is 11.4. The van der Waals surface area contributed by atoms with Crippen LogP contribution in [0.1, 0.15) is 50.7 Å². The van der Waals surface area contributed by atoms with Gasteiger partial charge in [0, 0.05) is 36.8 Å². The Hall–Kier alpha value is -2.73. The smallest absolute Gasteiger partial charge is 0.220 e. The lowest BCUT2D eigenvalue weighted by atomic mass is 10.0. The van der Waals surface area contributed by atoms with Crippen LogP contribution in [0.4, 0.5) is 0 Å². The average molecular weight is 414 g/mol. The number of nitrogens with one attached hydrogen (secondary N) is 2. The van der Waals surface area contributed by atoms with Gasteiger partial charge in [0.1, 0.15) is 18.1 Å². The largest absolute Gasteiger partial charge is 0.508 e. The molecular weight excluding hydrogens is 378 g/mol. The molecule has 1 aliphatic heterocycles. The predicted octanol–water partition coefficient (Wildman–Crippen LogP) is 3.46. The fraction of sp³-hybridized carbons (Fsp3) is 0.458. The summed E-state index contributed by atoms with van der Waals surface area (Å²) in [5.74, 6) is 1.11. The number of rotatable bonds is 11. The topological polar surface area (TPSA) is 96.6 Å². The summed E-state index contributed by atoms with van der Waals surface area (Å²) in [5.41, 5.74) is 9.32. The first-order valence-electron chi connectivity index (χ1n) is 10.7. The molecule has 2 rings (SSSR count). The van der Waals surface area contributed by atoms with Crippen LogP contribution < -0.4 is 21.1 Å². The Bertz CT molecular complexity index is 789. The highest BCUT2D eigenvalue weighted by Crippen LogP contribution is 2.30. The lowest BCUT2D eigenvalue weighted by Gasteiger charge is -2.24. The summed E-state index contributed by atoms with van der Waals surface area (Å²) in [6.45, 7) is 9.46. The molecule has 164 valence electrons. The van der Waals surface area contributed by atoms with Crippen LogP contribution in [0.2, 0.25) is 0 Å². The van der Waals surface area contributed by atoms with Gasteiger partial charge in [-0.1, -0.05) is 39.0 Å². The summed E-state index contributed by atoms with van der Waals surface area (Å²) in [6.07, 6.45) is 9.46. The number of carbonyl (C=O) groups is 1. The van der Waals surface area contributed by atoms with Crippen LogP contribution in [0.5, 0.6) is 11.5 Å². The third-order valence-electron chi connectivity index (χ3n) is 5.08. The number of piperidine rings is 1. The maximum atomic E-state index is 11.4. The first-order chi connectivity index (χ1) is 14.5. The molecule has 0 saturated carbocycles. The average Bonchev–Trinajstić information content (AvgIpc) is 2.73. The Kier molecular flexibility index (Phi) is 9.48. The molecule has 0 bridgehead atoms. The summed E-state index contributed by atoms with van der Waals surface area (Å²) in [6, 6.07) is 3.90. The van der Waals surface area contributed by atoms with E-state index in [2.05, 4.69) is 24.1 Å². The Morgan fingerprint density at radius 1 is 1.40 bits per heavy atom. The number of ether oxygens (including phenoxy) is 1. The minimum Gasteiger partial charge on any atom is -0.508 e. The van der Waals surface area contributed by atoms with Crippen molar-refractivity contribution < 1.29 is 14.6 Å². The van der Waals surface area contributed by atoms with Gasteiger partial charge in [0.05, 0.1) is 0 Å². The van der Waals surface area contributed by atoms with Crippen molar-refractivity contribution in [2.24, 2.45) is 5.73 Å². The van der Waals surface area contributed by atoms with Crippen molar-refractivity contribution in [2.75, 3.05) is 13.2 Å². The fourth-order valence-corrected chi connectivity index (χ4v) is 3.39. The molecule has 1 heterocycles. The molecule has 30 heavy (non-hydrogen) atoms. The zero-order valence-corrected chi connectivity index (χ0v) is 18.2. The second kappa shape index (κ2) is 12.1. The maximum absolute atomic E-state index is 11.4. The second-order valence-electron chi connectivity index (χ2n) is 7.58. The molecule has 0 radical (unpaired) electrons. The van der Waals surface area contributed by atoms with Gasteiger partial charge in [0.15, 0.2) is 0 Å². The van der Waals surface area contributed by atoms with Crippen molar-refractivity contribution in [1.82, 2.24) is 10.6 Å². The number of hydrogen-bond donors (Lipinski definition) is 4. The van der Waals surface area contributed by atoms with Gasteiger partial charge in [-0.2, -0.15) is 0 Å². The molecule has 1 fully saturated rings. The number of benzene rings is 1. The molecule has 1 saturated heterocycles. The van der Waals surface area contributed by atoms with E-state index in [1.54, 1.807) is 12.1 Å². The first-order valence-corrected chi connectivity index (χ1v) is 10.7. The van der Waals surface area contributed by atoms with Gasteiger partial charge in [-0.3, -0.25) is 4.79 Å². The molecule has 0 spiro atoms. The highest BCUT2D eigenvalue weighted by molar-refractivity contribution is 5.76. The van der Waals surface area contributed by atoms with Crippen molar-refractivity contribution in [2.45, 2.75) is 58.5 Å². The van der Waals surface area contributed by atoms with Gasteiger partial charge < -0.3 is 26.2 Å². The third-order valence-corrected chi connectivity index (χ3v) is 5.08. The molecule has 1 aromatic rings. The van der Waals surface area contributed by atoms with Crippen molar-refractivity contribution in [3.63, 3.8) is 0 Å². The van der Waals surface area contributed by atoms with Gasteiger partial charge >= 0.3 is 0 Å². The van der Waals surface area contributed by atoms with Gasteiger partial charge in [-0.05, 0) is 48.6 Å². The van der Waals surface area contributed by atoms with E-state index in [9.17, 15) is 9.90 Å². The highest BCUT2D eigenvalue weighted by atomic mass is 16.5. The van der Waals surface area contributed by atoms with Crippen molar-refractivity contribution in [3.05, 3.63) is 59.3 Å².